The molecule has 0 saturated heterocycles. The minimum atomic E-state index is -0.288. The molecule has 2 amide bonds. The van der Waals surface area contributed by atoms with E-state index in [1.54, 1.807) is 48.5 Å². The zero-order valence-electron chi connectivity index (χ0n) is 16.5. The van der Waals surface area contributed by atoms with E-state index in [2.05, 4.69) is 10.6 Å². The zero-order chi connectivity index (χ0) is 20.6. The smallest absolute Gasteiger partial charge is 0.255 e. The molecule has 2 N–H and O–H groups in total. The van der Waals surface area contributed by atoms with Crippen LogP contribution in [0.3, 0.4) is 0 Å². The highest BCUT2D eigenvalue weighted by Gasteiger charge is 2.16. The Labute approximate surface area is 170 Å². The lowest BCUT2D eigenvalue weighted by Crippen LogP contribution is -2.28. The van der Waals surface area contributed by atoms with Crippen molar-refractivity contribution in [2.75, 3.05) is 11.9 Å². The van der Waals surface area contributed by atoms with Crippen molar-refractivity contribution >= 4 is 17.5 Å². The molecule has 0 fully saturated rings. The molecule has 5 heteroatoms. The molecule has 3 aromatic carbocycles. The van der Waals surface area contributed by atoms with Crippen LogP contribution in [0, 0.1) is 0 Å². The maximum absolute atomic E-state index is 12.8. The molecule has 0 radical (unpaired) electrons. The monoisotopic (exact) mass is 388 g/mol. The van der Waals surface area contributed by atoms with E-state index in [1.807, 2.05) is 44.2 Å². The number of hydrogen-bond acceptors (Lipinski definition) is 3. The second-order valence-corrected chi connectivity index (χ2v) is 6.56. The van der Waals surface area contributed by atoms with E-state index in [0.717, 1.165) is 5.56 Å². The number of anilines is 1. The molecule has 3 rings (SSSR count). The molecule has 3 aromatic rings. The van der Waals surface area contributed by atoms with Gasteiger partial charge in [0.25, 0.3) is 11.8 Å². The maximum Gasteiger partial charge on any atom is 0.255 e. The quantitative estimate of drug-likeness (QED) is 0.609. The Hall–Kier alpha value is -3.60. The summed E-state index contributed by atoms with van der Waals surface area (Å²) in [5.41, 5.74) is 2.37. The first kappa shape index (κ1) is 20.1. The Morgan fingerprint density at radius 2 is 1.52 bits per heavy atom. The number of amides is 2. The van der Waals surface area contributed by atoms with Gasteiger partial charge in [-0.05, 0) is 55.8 Å². The number of ether oxygens (including phenoxy) is 1. The molecular formula is C24H24N2O3. The maximum atomic E-state index is 12.8. The highest BCUT2D eigenvalue weighted by atomic mass is 16.5. The van der Waals surface area contributed by atoms with Gasteiger partial charge in [0.05, 0.1) is 23.9 Å². The van der Waals surface area contributed by atoms with Gasteiger partial charge in [-0.2, -0.15) is 0 Å². The third-order valence-electron chi connectivity index (χ3n) is 4.49. The van der Waals surface area contributed by atoms with Crippen LogP contribution in [0.25, 0.3) is 0 Å². The Balaban J connectivity index is 1.72. The lowest BCUT2D eigenvalue weighted by atomic mass is 10.1. The molecule has 0 bridgehead atoms. The number of hydrogen-bond donors (Lipinski definition) is 2. The topological polar surface area (TPSA) is 67.4 Å². The number of carbonyl (C=O) groups excluding carboxylic acids is 2. The summed E-state index contributed by atoms with van der Waals surface area (Å²) in [4.78, 5) is 25.4. The summed E-state index contributed by atoms with van der Waals surface area (Å²) in [5, 5.41) is 5.81. The third kappa shape index (κ3) is 5.23. The van der Waals surface area contributed by atoms with Gasteiger partial charge in [-0.15, -0.1) is 0 Å². The molecule has 1 unspecified atom stereocenters. The van der Waals surface area contributed by atoms with Crippen LogP contribution in [0.4, 0.5) is 5.69 Å². The number of para-hydroxylation sites is 1. The number of benzene rings is 3. The molecule has 5 nitrogen and oxygen atoms in total. The van der Waals surface area contributed by atoms with Crippen LogP contribution in [0.1, 0.15) is 46.2 Å². The van der Waals surface area contributed by atoms with Gasteiger partial charge in [-0.3, -0.25) is 9.59 Å². The van der Waals surface area contributed by atoms with Crippen molar-refractivity contribution in [2.45, 2.75) is 19.9 Å². The Morgan fingerprint density at radius 3 is 2.21 bits per heavy atom. The normalized spacial score (nSPS) is 11.4. The average Bonchev–Trinajstić information content (AvgIpc) is 2.75. The lowest BCUT2D eigenvalue weighted by Gasteiger charge is -2.16. The van der Waals surface area contributed by atoms with Crippen molar-refractivity contribution in [3.63, 3.8) is 0 Å². The summed E-state index contributed by atoms with van der Waals surface area (Å²) in [6.45, 7) is 4.39. The summed E-state index contributed by atoms with van der Waals surface area (Å²) < 4.78 is 5.40. The van der Waals surface area contributed by atoms with E-state index < -0.39 is 0 Å². The molecule has 148 valence electrons. The van der Waals surface area contributed by atoms with Crippen molar-refractivity contribution in [1.82, 2.24) is 5.32 Å². The Kier molecular flexibility index (Phi) is 6.63. The van der Waals surface area contributed by atoms with E-state index in [-0.39, 0.29) is 17.9 Å². The van der Waals surface area contributed by atoms with Crippen LogP contribution in [-0.2, 0) is 0 Å². The predicted octanol–water partition coefficient (Wildman–Crippen LogP) is 4.83. The highest BCUT2D eigenvalue weighted by Crippen LogP contribution is 2.19. The predicted molar refractivity (Wildman–Crippen MR) is 114 cm³/mol. The first-order chi connectivity index (χ1) is 14.1. The van der Waals surface area contributed by atoms with E-state index in [0.29, 0.717) is 29.2 Å². The molecule has 0 aliphatic rings. The fraction of sp³-hybridized carbons (Fsp3) is 0.167. The van der Waals surface area contributed by atoms with Crippen molar-refractivity contribution in [3.05, 3.63) is 95.6 Å². The van der Waals surface area contributed by atoms with E-state index >= 15 is 0 Å². The first-order valence-corrected chi connectivity index (χ1v) is 9.57. The molecule has 0 aromatic heterocycles. The fourth-order valence-corrected chi connectivity index (χ4v) is 2.95. The van der Waals surface area contributed by atoms with Crippen LogP contribution in [0.15, 0.2) is 78.9 Å². The molecule has 0 saturated carbocycles. The minimum absolute atomic E-state index is 0.154. The lowest BCUT2D eigenvalue weighted by molar-refractivity contribution is 0.0941. The van der Waals surface area contributed by atoms with Gasteiger partial charge in [-0.1, -0.05) is 42.5 Å². The van der Waals surface area contributed by atoms with Crippen molar-refractivity contribution in [2.24, 2.45) is 0 Å². The van der Waals surface area contributed by atoms with E-state index in [1.165, 1.54) is 0 Å². The summed E-state index contributed by atoms with van der Waals surface area (Å²) in [5.74, 6) is 0.173. The van der Waals surface area contributed by atoms with Gasteiger partial charge in [0.1, 0.15) is 5.75 Å². The van der Waals surface area contributed by atoms with Crippen LogP contribution in [-0.4, -0.2) is 18.4 Å². The van der Waals surface area contributed by atoms with Crippen molar-refractivity contribution in [1.29, 1.82) is 0 Å². The van der Waals surface area contributed by atoms with E-state index in [4.69, 9.17) is 4.74 Å². The van der Waals surface area contributed by atoms with Crippen molar-refractivity contribution < 1.29 is 14.3 Å². The average molecular weight is 388 g/mol. The molecular weight excluding hydrogens is 364 g/mol. The Morgan fingerprint density at radius 1 is 0.862 bits per heavy atom. The van der Waals surface area contributed by atoms with Crippen LogP contribution >= 0.6 is 0 Å². The summed E-state index contributed by atoms with van der Waals surface area (Å²) in [6, 6.07) is 23.4. The Bertz CT molecular complexity index is 969. The van der Waals surface area contributed by atoms with Gasteiger partial charge < -0.3 is 15.4 Å². The van der Waals surface area contributed by atoms with Gasteiger partial charge in [0.15, 0.2) is 0 Å². The summed E-state index contributed by atoms with van der Waals surface area (Å²) >= 11 is 0. The number of rotatable bonds is 7. The summed E-state index contributed by atoms with van der Waals surface area (Å²) in [6.07, 6.45) is 0. The molecule has 29 heavy (non-hydrogen) atoms. The first-order valence-electron chi connectivity index (χ1n) is 9.57. The van der Waals surface area contributed by atoms with Gasteiger partial charge >= 0.3 is 0 Å². The van der Waals surface area contributed by atoms with Crippen molar-refractivity contribution in [3.8, 4) is 5.75 Å². The van der Waals surface area contributed by atoms with E-state index in [9.17, 15) is 9.59 Å². The van der Waals surface area contributed by atoms with Gasteiger partial charge in [-0.25, -0.2) is 0 Å². The van der Waals surface area contributed by atoms with Gasteiger partial charge in [0, 0.05) is 5.56 Å². The molecule has 0 aliphatic carbocycles. The highest BCUT2D eigenvalue weighted by molar-refractivity contribution is 6.09. The third-order valence-corrected chi connectivity index (χ3v) is 4.49. The largest absolute Gasteiger partial charge is 0.494 e. The van der Waals surface area contributed by atoms with Crippen LogP contribution in [0.2, 0.25) is 0 Å². The number of carbonyl (C=O) groups is 2. The fourth-order valence-electron chi connectivity index (χ4n) is 2.95. The second-order valence-electron chi connectivity index (χ2n) is 6.56. The SMILES string of the molecule is CCOc1ccc(C(=O)Nc2ccccc2C(=O)NC(C)c2ccccc2)cc1. The van der Waals surface area contributed by atoms with Gasteiger partial charge in [0.2, 0.25) is 0 Å². The van der Waals surface area contributed by atoms with Crippen LogP contribution < -0.4 is 15.4 Å². The minimum Gasteiger partial charge on any atom is -0.494 e. The molecule has 1 atom stereocenters. The van der Waals surface area contributed by atoms with Crippen LogP contribution in [0.5, 0.6) is 5.75 Å². The summed E-state index contributed by atoms with van der Waals surface area (Å²) in [7, 11) is 0. The molecule has 0 heterocycles. The standard InChI is InChI=1S/C24H24N2O3/c1-3-29-20-15-13-19(14-16-20)23(27)26-22-12-8-7-11-21(22)24(28)25-17(2)18-9-5-4-6-10-18/h4-17H,3H2,1-2H3,(H,25,28)(H,26,27). The zero-order valence-corrected chi connectivity index (χ0v) is 16.5. The second kappa shape index (κ2) is 9.55. The molecule has 0 spiro atoms. The molecule has 0 aliphatic heterocycles. The number of nitrogens with one attached hydrogen (secondary N) is 2.